The van der Waals surface area contributed by atoms with Gasteiger partial charge in [-0.25, -0.2) is 22.8 Å². The van der Waals surface area contributed by atoms with Crippen LogP contribution in [0.25, 0.3) is 98.4 Å². The molecule has 0 spiro atoms. The number of primary amides is 2. The van der Waals surface area contributed by atoms with Crippen LogP contribution in [-0.4, -0.2) is 250 Å². The van der Waals surface area contributed by atoms with Crippen molar-refractivity contribution in [2.45, 2.75) is 58.2 Å². The van der Waals surface area contributed by atoms with Gasteiger partial charge in [0.15, 0.2) is 17.5 Å². The standard InChI is InChI=1S/C34H34ClFN6O3.2C32H33ClFN7O3/c1-4-29(44)42-12-11-41(18-23(42)9-10-37)33-27-15-28(35)30(26-14-24(43)13-21-7-5-6-8-25(21)26)31(36)32(27)38-34(39-33)45-19-22-17-40(3)16-20(22)2;2*1-18-14-39(2)15-20(18)17-44-32-37-29-25(30(38-32)40-9-10-41(31(36)43)21(16-40)7-8-35)13-26(33)27(28(29)34)24-12-22(42)11-19-5-3-4-6-23(19)24/h4-8,13-15,20,22-23,43H,1,9,11-12,16-19H2,2-3H3;2*3-6,11-13,18,20-21,42H,7,9-10,14-17H2,1-2H3,(H2,36,43)/t20?,22-,23-;18?,20-,21-;/m00./s1. The zero-order valence-electron chi connectivity index (χ0n) is 74.2. The van der Waals surface area contributed by atoms with Crippen molar-refractivity contribution < 1.29 is 57.1 Å². The highest BCUT2D eigenvalue weighted by Crippen LogP contribution is 2.48. The number of nitrogens with zero attached hydrogens (tertiary/aromatic N) is 18. The van der Waals surface area contributed by atoms with Crippen molar-refractivity contribution in [1.82, 2.24) is 59.3 Å². The second-order valence-corrected chi connectivity index (χ2v) is 36.7. The maximum atomic E-state index is 16.8. The molecule has 6 fully saturated rings. The molecule has 6 aliphatic heterocycles. The molecule has 35 heteroatoms. The number of anilines is 3. The number of aromatic hydroxyl groups is 3. The first-order valence-corrected chi connectivity index (χ1v) is 45.2. The number of ether oxygens (including phenoxy) is 3. The molecule has 0 aliphatic carbocycles. The van der Waals surface area contributed by atoms with Crippen molar-refractivity contribution in [2.24, 2.45) is 47.0 Å². The molecule has 9 heterocycles. The van der Waals surface area contributed by atoms with Crippen molar-refractivity contribution in [3.63, 3.8) is 0 Å². The van der Waals surface area contributed by atoms with Crippen LogP contribution >= 0.6 is 34.8 Å². The molecule has 12 aromatic rings. The molecular formula is C98H100Cl3F3N20O9. The first-order chi connectivity index (χ1) is 64.0. The summed E-state index contributed by atoms with van der Waals surface area (Å²) in [6.45, 7) is 19.4. The van der Waals surface area contributed by atoms with E-state index in [0.717, 1.165) is 71.6 Å². The Bertz CT molecular complexity index is 6430. The van der Waals surface area contributed by atoms with Gasteiger partial charge in [0.2, 0.25) is 5.91 Å². The SMILES string of the molecule is C=CC(=O)N1CCN(c2nc(OC[C@@H]3CN(C)CC3C)nc3c(F)c(-c4cc(O)cc5ccccc45)c(Cl)cc23)C[C@@H]1CC#N.CC1CN(C)CC1COc1nc(N2CCN(C(N)=O)C(CC#N)C2)c2cc(Cl)c(-c3cc(O)cc4ccccc34)c(F)c2n1.CC1CN(C)C[C@H]1COc1nc(N2CCN(C(N)=O)[C@@H](CC#N)C2)c2cc(Cl)c(-c3cc(O)cc4ccccc34)c(F)c2n1. The number of amides is 5. The summed E-state index contributed by atoms with van der Waals surface area (Å²) in [7, 11) is 6.20. The van der Waals surface area contributed by atoms with Gasteiger partial charge in [0.1, 0.15) is 51.3 Å². The fourth-order valence-electron chi connectivity index (χ4n) is 19.7. The van der Waals surface area contributed by atoms with Gasteiger partial charge in [-0.05, 0) is 149 Å². The van der Waals surface area contributed by atoms with Crippen molar-refractivity contribution in [1.29, 1.82) is 15.8 Å². The second kappa shape index (κ2) is 39.7. The number of aromatic nitrogens is 6. The van der Waals surface area contributed by atoms with Gasteiger partial charge in [0, 0.05) is 149 Å². The molecule has 29 nitrogen and oxygen atoms in total. The summed E-state index contributed by atoms with van der Waals surface area (Å²) in [5, 5.41) is 65.7. The van der Waals surface area contributed by atoms with Crippen molar-refractivity contribution in [3.8, 4) is 86.9 Å². The maximum Gasteiger partial charge on any atom is 0.319 e. The number of likely N-dealkylation sites (tertiary alicyclic amines) is 3. The Morgan fingerprint density at radius 1 is 0.429 bits per heavy atom. The molecule has 688 valence electrons. The van der Waals surface area contributed by atoms with Crippen LogP contribution in [-0.2, 0) is 4.79 Å². The molecule has 3 aromatic heterocycles. The highest BCUT2D eigenvalue weighted by atomic mass is 35.5. The molecule has 0 radical (unpaired) electrons. The number of nitriles is 3. The Labute approximate surface area is 781 Å². The zero-order valence-corrected chi connectivity index (χ0v) is 76.5. The minimum atomic E-state index is -0.671. The van der Waals surface area contributed by atoms with Crippen molar-refractivity contribution in [3.05, 3.63) is 173 Å². The fraction of sp³-hybridized carbons (Fsp3) is 0.367. The Balaban J connectivity index is 0.000000145. The van der Waals surface area contributed by atoms with Gasteiger partial charge in [-0.1, -0.05) is 135 Å². The smallest absolute Gasteiger partial charge is 0.319 e. The first kappa shape index (κ1) is 93.0. The topological polar surface area (TPSA) is 370 Å². The van der Waals surface area contributed by atoms with E-state index in [-0.39, 0.29) is 153 Å². The van der Waals surface area contributed by atoms with E-state index in [9.17, 15) is 45.5 Å². The van der Waals surface area contributed by atoms with Gasteiger partial charge in [-0.3, -0.25) is 4.79 Å². The molecule has 6 aliphatic rings. The van der Waals surface area contributed by atoms with Crippen LogP contribution < -0.4 is 40.4 Å². The minimum Gasteiger partial charge on any atom is -0.508 e. The summed E-state index contributed by atoms with van der Waals surface area (Å²) in [6.07, 6.45) is 1.50. The van der Waals surface area contributed by atoms with Crippen LogP contribution in [0.15, 0.2) is 140 Å². The highest BCUT2D eigenvalue weighted by molar-refractivity contribution is 6.36. The number of phenolic OH excluding ortho intramolecular Hbond substituents is 3. The quantitative estimate of drug-likeness (QED) is 0.0469. The lowest BCUT2D eigenvalue weighted by Crippen LogP contribution is -2.56. The van der Waals surface area contributed by atoms with Crippen LogP contribution in [0, 0.1) is 87.0 Å². The highest BCUT2D eigenvalue weighted by Gasteiger charge is 2.39. The third-order valence-corrected chi connectivity index (χ3v) is 27.3. The van der Waals surface area contributed by atoms with Crippen molar-refractivity contribution in [2.75, 3.05) is 154 Å². The van der Waals surface area contributed by atoms with E-state index in [1.807, 2.05) is 87.5 Å². The number of nitrogens with two attached hydrogens (primary N) is 2. The molecule has 5 amide bonds. The van der Waals surface area contributed by atoms with Crippen LogP contribution in [0.4, 0.5) is 40.2 Å². The number of halogens is 6. The van der Waals surface area contributed by atoms with E-state index in [0.29, 0.717) is 121 Å². The maximum absolute atomic E-state index is 16.8. The second-order valence-electron chi connectivity index (χ2n) is 35.5. The Morgan fingerprint density at radius 2 is 0.714 bits per heavy atom. The molecule has 5 unspecified atom stereocenters. The Hall–Kier alpha value is -13.3. The van der Waals surface area contributed by atoms with E-state index in [1.165, 1.54) is 34.1 Å². The van der Waals surface area contributed by atoms with Crippen LogP contribution in [0.3, 0.4) is 0 Å². The van der Waals surface area contributed by atoms with Gasteiger partial charge in [0.25, 0.3) is 0 Å². The van der Waals surface area contributed by atoms with E-state index < -0.39 is 47.6 Å². The predicted octanol–water partition coefficient (Wildman–Crippen LogP) is 15.7. The van der Waals surface area contributed by atoms with Crippen LogP contribution in [0.2, 0.25) is 15.1 Å². The Morgan fingerprint density at radius 3 is 0.985 bits per heavy atom. The number of hydrogen-bond donors (Lipinski definition) is 5. The molecule has 0 saturated carbocycles. The van der Waals surface area contributed by atoms with Gasteiger partial charge in [0.05, 0.1) is 90.5 Å². The summed E-state index contributed by atoms with van der Waals surface area (Å²) in [6, 6.07) is 40.3. The van der Waals surface area contributed by atoms with Crippen molar-refractivity contribution >= 4 is 135 Å². The molecule has 7 N–H and O–H groups in total. The number of phenols is 3. The summed E-state index contributed by atoms with van der Waals surface area (Å²) >= 11 is 20.5. The fourth-order valence-corrected chi connectivity index (χ4v) is 20.6. The average molecular weight is 1870 g/mol. The number of rotatable bonds is 19. The summed E-state index contributed by atoms with van der Waals surface area (Å²) < 4.78 is 68.8. The number of benzene rings is 9. The van der Waals surface area contributed by atoms with E-state index in [4.69, 9.17) is 75.4 Å². The van der Waals surface area contributed by atoms with Gasteiger partial charge in [-0.2, -0.15) is 45.7 Å². The average Bonchev–Trinajstić information content (AvgIpc) is 1.54. The van der Waals surface area contributed by atoms with Gasteiger partial charge in [-0.15, -0.1) is 0 Å². The third kappa shape index (κ3) is 19.4. The van der Waals surface area contributed by atoms with E-state index in [1.54, 1.807) is 41.3 Å². The van der Waals surface area contributed by atoms with Crippen LogP contribution in [0.1, 0.15) is 40.0 Å². The minimum absolute atomic E-state index is 0.0159. The molecular weight excluding hydrogens is 1760 g/mol. The largest absolute Gasteiger partial charge is 0.508 e. The molecule has 9 atom stereocenters. The third-order valence-electron chi connectivity index (χ3n) is 26.4. The summed E-state index contributed by atoms with van der Waals surface area (Å²) in [5.41, 5.74) is 12.9. The number of carbonyl (C=O) groups excluding carboxylic acids is 3. The molecule has 133 heavy (non-hydrogen) atoms. The molecule has 6 saturated heterocycles. The molecule has 18 rings (SSSR count). The number of fused-ring (bicyclic) bond motifs is 6. The lowest BCUT2D eigenvalue weighted by atomic mass is 9.96. The van der Waals surface area contributed by atoms with Gasteiger partial charge >= 0.3 is 30.1 Å². The molecule has 0 bridgehead atoms. The number of piperazine rings is 3. The monoisotopic (exact) mass is 1860 g/mol. The van der Waals surface area contributed by atoms with E-state index >= 15 is 13.2 Å². The van der Waals surface area contributed by atoms with Crippen LogP contribution in [0.5, 0.6) is 35.3 Å². The summed E-state index contributed by atoms with van der Waals surface area (Å²) in [5.74, 6) is 0.890. The predicted molar refractivity (Wildman–Crippen MR) is 507 cm³/mol. The van der Waals surface area contributed by atoms with Gasteiger partial charge < -0.3 is 85.1 Å². The lowest BCUT2D eigenvalue weighted by Gasteiger charge is -2.41. The zero-order chi connectivity index (χ0) is 94.1. The number of carbonyl (C=O) groups is 3. The summed E-state index contributed by atoms with van der Waals surface area (Å²) in [4.78, 5) is 81.6. The lowest BCUT2D eigenvalue weighted by molar-refractivity contribution is -0.128. The normalized spacial score (nSPS) is 20.7. The first-order valence-electron chi connectivity index (χ1n) is 44.1. The Kier molecular flexibility index (Phi) is 27.7. The van der Waals surface area contributed by atoms with E-state index in [2.05, 4.69) is 96.4 Å². The number of hydrogen-bond acceptors (Lipinski definition) is 24. The molecule has 9 aromatic carbocycles. The number of urea groups is 2.